The van der Waals surface area contributed by atoms with Gasteiger partial charge in [0.2, 0.25) is 0 Å². The summed E-state index contributed by atoms with van der Waals surface area (Å²) in [6, 6.07) is 0. The van der Waals surface area contributed by atoms with Gasteiger partial charge >= 0.3 is 0 Å². The lowest BCUT2D eigenvalue weighted by Crippen LogP contribution is -2.83. The first-order valence-corrected chi connectivity index (χ1v) is 10.8. The van der Waals surface area contributed by atoms with Crippen LogP contribution < -0.4 is 0 Å². The van der Waals surface area contributed by atoms with Crippen molar-refractivity contribution >= 4 is 0 Å². The lowest BCUT2D eigenvalue weighted by molar-refractivity contribution is -0.593. The van der Waals surface area contributed by atoms with E-state index in [2.05, 4.69) is 19.9 Å². The van der Waals surface area contributed by atoms with Crippen LogP contribution in [0, 0.1) is 23.7 Å². The molecule has 0 aromatic rings. The standard InChI is InChI=1S/C23H38O5/c1-9-11-13(3)12-14(4)19(24)15(5)23-18(8)22(25)17(7)20(26-23)16(6)21(10-2,27-22)28-23/h11-12,15-20,24-25H,9-10H2,1-8H3/b13-11+,14-12+/t15-,16-,17-,18-,19-,20+,21-,22-,23-/m1/s1. The van der Waals surface area contributed by atoms with Crippen LogP contribution in [-0.4, -0.2) is 39.8 Å². The van der Waals surface area contributed by atoms with E-state index in [-0.39, 0.29) is 23.9 Å². The van der Waals surface area contributed by atoms with Gasteiger partial charge in [-0.25, -0.2) is 0 Å². The Morgan fingerprint density at radius 1 is 1.11 bits per heavy atom. The highest BCUT2D eigenvalue weighted by molar-refractivity contribution is 5.24. The number of aliphatic hydroxyl groups is 2. The summed E-state index contributed by atoms with van der Waals surface area (Å²) in [5, 5.41) is 22.7. The molecule has 5 heteroatoms. The van der Waals surface area contributed by atoms with E-state index in [9.17, 15) is 10.2 Å². The number of rotatable bonds is 6. The van der Waals surface area contributed by atoms with Crippen molar-refractivity contribution in [3.05, 3.63) is 23.3 Å². The molecule has 0 aliphatic carbocycles. The topological polar surface area (TPSA) is 68.2 Å². The fourth-order valence-corrected chi connectivity index (χ4v) is 5.67. The quantitative estimate of drug-likeness (QED) is 0.663. The monoisotopic (exact) mass is 394 g/mol. The number of hydrogen-bond donors (Lipinski definition) is 2. The Hall–Kier alpha value is -0.720. The average Bonchev–Trinajstić information content (AvgIpc) is 2.65. The maximum atomic E-state index is 11.5. The maximum Gasteiger partial charge on any atom is 0.185 e. The van der Waals surface area contributed by atoms with Gasteiger partial charge in [0, 0.05) is 17.8 Å². The van der Waals surface area contributed by atoms with Gasteiger partial charge < -0.3 is 24.4 Å². The molecule has 4 rings (SSSR count). The second-order valence-corrected chi connectivity index (χ2v) is 9.20. The van der Waals surface area contributed by atoms with Crippen molar-refractivity contribution in [3.63, 3.8) is 0 Å². The van der Waals surface area contributed by atoms with Crippen molar-refractivity contribution in [3.8, 4) is 0 Å². The predicted octanol–water partition coefficient (Wildman–Crippen LogP) is 4.14. The molecule has 4 aliphatic heterocycles. The zero-order valence-corrected chi connectivity index (χ0v) is 18.7. The smallest absolute Gasteiger partial charge is 0.185 e. The Balaban J connectivity index is 2.00. The number of hydrogen-bond acceptors (Lipinski definition) is 5. The fraction of sp³-hybridized carbons (Fsp3) is 0.826. The first-order chi connectivity index (χ1) is 13.0. The zero-order valence-electron chi connectivity index (χ0n) is 18.7. The molecular formula is C23H38O5. The van der Waals surface area contributed by atoms with Gasteiger partial charge in [-0.1, -0.05) is 59.3 Å². The van der Waals surface area contributed by atoms with Gasteiger partial charge in [0.05, 0.1) is 18.1 Å². The Morgan fingerprint density at radius 2 is 1.75 bits per heavy atom. The van der Waals surface area contributed by atoms with Crippen molar-refractivity contribution in [2.75, 3.05) is 0 Å². The third-order valence-electron chi connectivity index (χ3n) is 7.59. The molecular weight excluding hydrogens is 356 g/mol. The van der Waals surface area contributed by atoms with E-state index >= 15 is 0 Å². The molecule has 0 amide bonds. The summed E-state index contributed by atoms with van der Waals surface area (Å²) < 4.78 is 19.4. The summed E-state index contributed by atoms with van der Waals surface area (Å²) in [5.41, 5.74) is 1.99. The highest BCUT2D eigenvalue weighted by Gasteiger charge is 2.76. The van der Waals surface area contributed by atoms with Crippen LogP contribution in [0.3, 0.4) is 0 Å². The largest absolute Gasteiger partial charge is 0.388 e. The van der Waals surface area contributed by atoms with Gasteiger partial charge in [0.25, 0.3) is 0 Å². The Labute approximate surface area is 169 Å². The molecule has 9 atom stereocenters. The number of aliphatic hydroxyl groups excluding tert-OH is 1. The molecule has 5 nitrogen and oxygen atoms in total. The highest BCUT2D eigenvalue weighted by Crippen LogP contribution is 2.64. The lowest BCUT2D eigenvalue weighted by Gasteiger charge is -2.72. The summed E-state index contributed by atoms with van der Waals surface area (Å²) in [7, 11) is 0. The molecule has 4 aliphatic rings. The molecule has 0 spiro atoms. The molecule has 2 N–H and O–H groups in total. The average molecular weight is 395 g/mol. The van der Waals surface area contributed by atoms with E-state index < -0.39 is 29.4 Å². The predicted molar refractivity (Wildman–Crippen MR) is 108 cm³/mol. The summed E-state index contributed by atoms with van der Waals surface area (Å²) >= 11 is 0. The second-order valence-electron chi connectivity index (χ2n) is 9.20. The van der Waals surface area contributed by atoms with E-state index in [0.29, 0.717) is 6.42 Å². The van der Waals surface area contributed by atoms with E-state index in [1.807, 2.05) is 47.6 Å². The molecule has 4 fully saturated rings. The fourth-order valence-electron chi connectivity index (χ4n) is 5.67. The van der Waals surface area contributed by atoms with E-state index in [4.69, 9.17) is 14.2 Å². The van der Waals surface area contributed by atoms with Crippen LogP contribution in [0.5, 0.6) is 0 Å². The second kappa shape index (κ2) is 7.21. The highest BCUT2D eigenvalue weighted by atomic mass is 16.9. The van der Waals surface area contributed by atoms with E-state index in [1.165, 1.54) is 0 Å². The summed E-state index contributed by atoms with van der Waals surface area (Å²) in [6.07, 6.45) is 4.80. The molecule has 4 heterocycles. The zero-order chi connectivity index (χ0) is 21.1. The van der Waals surface area contributed by atoms with Crippen LogP contribution in [0.1, 0.15) is 68.2 Å². The van der Waals surface area contributed by atoms with Gasteiger partial charge in [-0.2, -0.15) is 0 Å². The molecule has 0 unspecified atom stereocenters. The molecule has 0 aromatic heterocycles. The third-order valence-corrected chi connectivity index (χ3v) is 7.59. The molecule has 0 saturated carbocycles. The number of ether oxygens (including phenoxy) is 3. The van der Waals surface area contributed by atoms with Crippen LogP contribution in [0.2, 0.25) is 0 Å². The van der Waals surface area contributed by atoms with Crippen LogP contribution >= 0.6 is 0 Å². The molecule has 4 saturated heterocycles. The van der Waals surface area contributed by atoms with E-state index in [0.717, 1.165) is 17.6 Å². The van der Waals surface area contributed by atoms with Crippen LogP contribution in [0.25, 0.3) is 0 Å². The van der Waals surface area contributed by atoms with Crippen molar-refractivity contribution in [1.29, 1.82) is 0 Å². The van der Waals surface area contributed by atoms with Gasteiger partial charge in [-0.15, -0.1) is 0 Å². The number of allylic oxidation sites excluding steroid dienone is 3. The molecule has 0 radical (unpaired) electrons. The maximum absolute atomic E-state index is 11.5. The molecule has 0 aromatic carbocycles. The SMILES string of the molecule is CC/C=C(C)/C=C(\C)[C@@H](O)[C@@H](C)[C@]12O[C@H]3[C@@H](C)[C@](CC)(O[C@](O)([C@@H]3C)[C@H]1C)O2. The molecule has 4 bridgehead atoms. The minimum absolute atomic E-state index is 0.00381. The Bertz CT molecular complexity index is 662. The first-order valence-electron chi connectivity index (χ1n) is 10.8. The van der Waals surface area contributed by atoms with Crippen LogP contribution in [0.15, 0.2) is 23.3 Å². The van der Waals surface area contributed by atoms with Crippen LogP contribution in [-0.2, 0) is 14.2 Å². The van der Waals surface area contributed by atoms with Crippen molar-refractivity contribution < 1.29 is 24.4 Å². The molecule has 28 heavy (non-hydrogen) atoms. The van der Waals surface area contributed by atoms with Gasteiger partial charge in [0.1, 0.15) is 0 Å². The van der Waals surface area contributed by atoms with Crippen molar-refractivity contribution in [1.82, 2.24) is 0 Å². The summed E-state index contributed by atoms with van der Waals surface area (Å²) in [5.74, 6) is -4.26. The van der Waals surface area contributed by atoms with Crippen LogP contribution in [0.4, 0.5) is 0 Å². The minimum atomic E-state index is -1.33. The van der Waals surface area contributed by atoms with Gasteiger partial charge in [-0.3, -0.25) is 0 Å². The summed E-state index contributed by atoms with van der Waals surface area (Å²) in [6.45, 7) is 16.0. The minimum Gasteiger partial charge on any atom is -0.388 e. The van der Waals surface area contributed by atoms with Gasteiger partial charge in [-0.05, 0) is 32.3 Å². The normalized spacial score (nSPS) is 48.1. The van der Waals surface area contributed by atoms with Crippen molar-refractivity contribution in [2.45, 2.75) is 97.8 Å². The Kier molecular flexibility index (Phi) is 5.66. The molecule has 160 valence electrons. The third kappa shape index (κ3) is 2.85. The Morgan fingerprint density at radius 3 is 2.32 bits per heavy atom. The van der Waals surface area contributed by atoms with E-state index in [1.54, 1.807) is 0 Å². The first kappa shape index (κ1) is 22.0. The van der Waals surface area contributed by atoms with Gasteiger partial charge in [0.15, 0.2) is 17.4 Å². The lowest BCUT2D eigenvalue weighted by atomic mass is 9.64. The van der Waals surface area contributed by atoms with Crippen molar-refractivity contribution in [2.24, 2.45) is 23.7 Å². The summed E-state index contributed by atoms with van der Waals surface area (Å²) in [4.78, 5) is 0.